The molecule has 164 valence electrons. The molecule has 0 unspecified atom stereocenters. The lowest BCUT2D eigenvalue weighted by molar-refractivity contribution is 0.0537. The Morgan fingerprint density at radius 1 is 1.30 bits per heavy atom. The minimum Gasteiger partial charge on any atom is -0.443 e. The first-order valence-corrected chi connectivity index (χ1v) is 9.08. The lowest BCUT2D eigenvalue weighted by Gasteiger charge is -2.19. The Balaban J connectivity index is 0.00000103. The van der Waals surface area contributed by atoms with Gasteiger partial charge in [-0.2, -0.15) is 9.55 Å². The van der Waals surface area contributed by atoms with E-state index in [0.717, 1.165) is 17.7 Å². The maximum atomic E-state index is 13.6. The topological polar surface area (TPSA) is 105 Å². The number of anilines is 1. The molecule has 10 heteroatoms. The molecule has 0 radical (unpaired) electrons. The average Bonchev–Trinajstić information content (AvgIpc) is 2.88. The van der Waals surface area contributed by atoms with Crippen molar-refractivity contribution in [3.8, 4) is 0 Å². The van der Waals surface area contributed by atoms with E-state index in [1.807, 2.05) is 26.0 Å². The monoisotopic (exact) mass is 423 g/mol. The first-order valence-electron chi connectivity index (χ1n) is 9.08. The van der Waals surface area contributed by atoms with Gasteiger partial charge in [0, 0.05) is 5.57 Å². The number of carbonyl (C=O) groups is 1. The zero-order valence-electron chi connectivity index (χ0n) is 18.0. The van der Waals surface area contributed by atoms with Gasteiger partial charge in [0.25, 0.3) is 0 Å². The second kappa shape index (κ2) is 9.95. The number of fused-ring (bicyclic) bond motifs is 1. The number of ether oxygens (including phenoxy) is 1. The van der Waals surface area contributed by atoms with Gasteiger partial charge in [-0.05, 0) is 41.5 Å². The third-order valence-electron chi connectivity index (χ3n) is 3.66. The molecule has 0 bridgehead atoms. The number of allylic oxidation sites excluding steroid dienone is 5. The minimum absolute atomic E-state index is 0.00113. The van der Waals surface area contributed by atoms with E-state index in [9.17, 15) is 18.4 Å². The molecule has 2 rings (SSSR count). The number of rotatable bonds is 3. The van der Waals surface area contributed by atoms with Crippen LogP contribution in [0.2, 0.25) is 0 Å². The van der Waals surface area contributed by atoms with Crippen LogP contribution in [0.5, 0.6) is 0 Å². The number of hydrogen-bond donors (Lipinski definition) is 1. The summed E-state index contributed by atoms with van der Waals surface area (Å²) in [5, 5.41) is 0. The van der Waals surface area contributed by atoms with E-state index in [1.165, 1.54) is 0 Å². The fourth-order valence-electron chi connectivity index (χ4n) is 2.22. The Hall–Kier alpha value is -3.30. The van der Waals surface area contributed by atoms with Gasteiger partial charge in [0.1, 0.15) is 22.8 Å². The van der Waals surface area contributed by atoms with Gasteiger partial charge in [0.2, 0.25) is 5.95 Å². The third kappa shape index (κ3) is 6.10. The van der Waals surface area contributed by atoms with Crippen LogP contribution in [0.25, 0.3) is 11.2 Å². The number of nitrogen functional groups attached to an aromatic ring is 1. The van der Waals surface area contributed by atoms with Crippen LogP contribution in [-0.2, 0) is 11.3 Å². The van der Waals surface area contributed by atoms with E-state index in [1.54, 1.807) is 20.8 Å². The van der Waals surface area contributed by atoms with Crippen LogP contribution in [-0.4, -0.2) is 30.8 Å². The van der Waals surface area contributed by atoms with Crippen molar-refractivity contribution < 1.29 is 18.3 Å². The molecule has 0 saturated heterocycles. The van der Waals surface area contributed by atoms with E-state index in [4.69, 9.17) is 10.5 Å². The van der Waals surface area contributed by atoms with Gasteiger partial charge < -0.3 is 10.5 Å². The van der Waals surface area contributed by atoms with E-state index < -0.39 is 41.2 Å². The van der Waals surface area contributed by atoms with E-state index in [0.29, 0.717) is 4.57 Å². The predicted molar refractivity (Wildman–Crippen MR) is 112 cm³/mol. The van der Waals surface area contributed by atoms with Crippen molar-refractivity contribution in [2.75, 3.05) is 5.73 Å². The Morgan fingerprint density at radius 2 is 1.87 bits per heavy atom. The molecular weight excluding hydrogens is 396 g/mol. The molecular formula is C20H27F2N5O3. The highest BCUT2D eigenvalue weighted by atomic mass is 19.1. The number of imidazole rings is 1. The maximum absolute atomic E-state index is 13.6. The minimum atomic E-state index is -1.04. The SMILES string of the molecule is C/C=C\C.C=C(F)/C(Cn1c(=O)n(C(=O)OC(C)(C)C)c2cnc(N)nc21)=C(\C)F. The normalized spacial score (nSPS) is 12.4. The van der Waals surface area contributed by atoms with Crippen molar-refractivity contribution in [2.24, 2.45) is 0 Å². The standard InChI is InChI=1S/C16H19F2N5O3.C4H8/c1-8(17)10(9(2)18)7-22-12-11(6-20-13(19)21-12)23(14(22)24)15(25)26-16(3,4)5;1-3-4-2/h6H,1,7H2,2-5H3,(H2,19,20,21);3-4H,1-2H3/b10-9+;4-3-. The van der Waals surface area contributed by atoms with Crippen molar-refractivity contribution in [1.29, 1.82) is 0 Å². The number of hydrogen-bond acceptors (Lipinski definition) is 6. The van der Waals surface area contributed by atoms with E-state index >= 15 is 0 Å². The highest BCUT2D eigenvalue weighted by Gasteiger charge is 2.26. The third-order valence-corrected chi connectivity index (χ3v) is 3.66. The number of halogens is 2. The van der Waals surface area contributed by atoms with Gasteiger partial charge in [-0.3, -0.25) is 4.57 Å². The van der Waals surface area contributed by atoms with Crippen LogP contribution in [0.15, 0.2) is 46.9 Å². The Kier molecular flexibility index (Phi) is 8.20. The van der Waals surface area contributed by atoms with Gasteiger partial charge in [-0.1, -0.05) is 18.7 Å². The van der Waals surface area contributed by atoms with Gasteiger partial charge in [-0.15, -0.1) is 0 Å². The highest BCUT2D eigenvalue weighted by Crippen LogP contribution is 2.20. The van der Waals surface area contributed by atoms with Gasteiger partial charge in [0.05, 0.1) is 12.7 Å². The van der Waals surface area contributed by atoms with Crippen LogP contribution in [0.1, 0.15) is 41.5 Å². The maximum Gasteiger partial charge on any atom is 0.423 e. The summed E-state index contributed by atoms with van der Waals surface area (Å²) in [5.74, 6) is -2.07. The first-order chi connectivity index (χ1) is 13.8. The van der Waals surface area contributed by atoms with Crippen LogP contribution in [0.4, 0.5) is 19.5 Å². The van der Waals surface area contributed by atoms with Gasteiger partial charge >= 0.3 is 11.8 Å². The number of nitrogens with two attached hydrogens (primary N) is 1. The smallest absolute Gasteiger partial charge is 0.423 e. The molecule has 0 spiro atoms. The molecule has 2 aromatic rings. The second-order valence-electron chi connectivity index (χ2n) is 7.21. The summed E-state index contributed by atoms with van der Waals surface area (Å²) in [6.45, 7) is 12.4. The summed E-state index contributed by atoms with van der Waals surface area (Å²) in [7, 11) is 0. The summed E-state index contributed by atoms with van der Waals surface area (Å²) in [6, 6.07) is 0. The summed E-state index contributed by atoms with van der Waals surface area (Å²) in [6.07, 6.45) is 4.19. The molecule has 8 nitrogen and oxygen atoms in total. The van der Waals surface area contributed by atoms with Gasteiger partial charge in [-0.25, -0.2) is 23.4 Å². The lowest BCUT2D eigenvalue weighted by Crippen LogP contribution is -2.34. The fraction of sp³-hybridized carbons (Fsp3) is 0.400. The van der Waals surface area contributed by atoms with Crippen molar-refractivity contribution in [2.45, 2.75) is 53.7 Å². The van der Waals surface area contributed by atoms with Crippen molar-refractivity contribution >= 4 is 23.2 Å². The molecule has 0 amide bonds. The molecule has 30 heavy (non-hydrogen) atoms. The first kappa shape index (κ1) is 24.7. The number of carbonyl (C=O) groups excluding carboxylic acids is 1. The molecule has 2 heterocycles. The van der Waals surface area contributed by atoms with Crippen LogP contribution in [0, 0.1) is 0 Å². The van der Waals surface area contributed by atoms with Crippen LogP contribution < -0.4 is 11.4 Å². The summed E-state index contributed by atoms with van der Waals surface area (Å²) >= 11 is 0. The Bertz CT molecular complexity index is 1050. The van der Waals surface area contributed by atoms with E-state index in [2.05, 4.69) is 16.5 Å². The molecule has 2 aromatic heterocycles. The predicted octanol–water partition coefficient (Wildman–Crippen LogP) is 4.27. The van der Waals surface area contributed by atoms with Crippen molar-refractivity contribution in [3.63, 3.8) is 0 Å². The molecule has 0 atom stereocenters. The molecule has 0 aliphatic heterocycles. The zero-order valence-corrected chi connectivity index (χ0v) is 18.0. The summed E-state index contributed by atoms with van der Waals surface area (Å²) in [5.41, 5.74) is 3.28. The summed E-state index contributed by atoms with van der Waals surface area (Å²) in [4.78, 5) is 32.8. The molecule has 0 fully saturated rings. The Morgan fingerprint density at radius 3 is 2.30 bits per heavy atom. The highest BCUT2D eigenvalue weighted by molar-refractivity contribution is 5.85. The second-order valence-corrected chi connectivity index (χ2v) is 7.21. The summed E-state index contributed by atoms with van der Waals surface area (Å²) < 4.78 is 33.9. The molecule has 0 aliphatic carbocycles. The van der Waals surface area contributed by atoms with Crippen molar-refractivity contribution in [3.05, 3.63) is 52.6 Å². The quantitative estimate of drug-likeness (QED) is 0.584. The number of aromatic nitrogens is 4. The van der Waals surface area contributed by atoms with E-state index in [-0.39, 0.29) is 17.1 Å². The molecule has 2 N–H and O–H groups in total. The lowest BCUT2D eigenvalue weighted by atomic mass is 10.2. The number of nitrogens with zero attached hydrogens (tertiary/aromatic N) is 4. The van der Waals surface area contributed by atoms with Crippen LogP contribution >= 0.6 is 0 Å². The van der Waals surface area contributed by atoms with Gasteiger partial charge in [0.15, 0.2) is 5.65 Å². The molecule has 0 aliphatic rings. The fourth-order valence-corrected chi connectivity index (χ4v) is 2.22. The molecule has 0 aromatic carbocycles. The van der Waals surface area contributed by atoms with Crippen molar-refractivity contribution in [1.82, 2.24) is 19.1 Å². The zero-order chi connectivity index (χ0) is 23.2. The Labute approximate surface area is 173 Å². The largest absolute Gasteiger partial charge is 0.443 e. The average molecular weight is 423 g/mol. The molecule has 0 saturated carbocycles. The van der Waals surface area contributed by atoms with Crippen LogP contribution in [0.3, 0.4) is 0 Å².